The van der Waals surface area contributed by atoms with E-state index in [1.807, 2.05) is 0 Å². The van der Waals surface area contributed by atoms with Gasteiger partial charge in [-0.2, -0.15) is 4.98 Å². The summed E-state index contributed by atoms with van der Waals surface area (Å²) in [6, 6.07) is 19.4. The number of halogens is 1. The molecule has 31 heavy (non-hydrogen) atoms. The summed E-state index contributed by atoms with van der Waals surface area (Å²) in [5.74, 6) is 1.79. The van der Waals surface area contributed by atoms with Crippen LogP contribution in [0.3, 0.4) is 0 Å². The van der Waals surface area contributed by atoms with Crippen molar-refractivity contribution in [2.45, 2.75) is 13.5 Å². The number of aryl methyl sites for hydroxylation is 1. The second-order valence-corrected chi connectivity index (χ2v) is 6.58. The number of hydrogen-bond acceptors (Lipinski definition) is 6. The molecule has 0 saturated carbocycles. The Balaban J connectivity index is 1.32. The fraction of sp³-hybridized carbons (Fsp3) is 0.0870. The van der Waals surface area contributed by atoms with E-state index in [2.05, 4.69) is 15.5 Å². The Morgan fingerprint density at radius 1 is 1.00 bits per heavy atom. The Hall–Kier alpha value is -4.20. The predicted octanol–water partition coefficient (Wildman–Crippen LogP) is 5.14. The van der Waals surface area contributed by atoms with Crippen molar-refractivity contribution in [2.24, 2.45) is 0 Å². The van der Waals surface area contributed by atoms with Crippen LogP contribution in [0.2, 0.25) is 0 Å². The number of ether oxygens (including phenoxy) is 2. The molecule has 0 aliphatic heterocycles. The van der Waals surface area contributed by atoms with Crippen LogP contribution in [0.1, 0.15) is 22.1 Å². The molecule has 0 aliphatic rings. The van der Waals surface area contributed by atoms with E-state index in [9.17, 15) is 9.18 Å². The smallest absolute Gasteiger partial charge is 0.255 e. The summed E-state index contributed by atoms with van der Waals surface area (Å²) in [5, 5.41) is 6.57. The lowest BCUT2D eigenvalue weighted by atomic mass is 10.2. The number of hydrogen-bond donors (Lipinski definition) is 1. The van der Waals surface area contributed by atoms with E-state index in [1.165, 1.54) is 12.1 Å². The molecule has 1 amide bonds. The highest BCUT2D eigenvalue weighted by Crippen LogP contribution is 2.24. The highest BCUT2D eigenvalue weighted by molar-refractivity contribution is 6.04. The van der Waals surface area contributed by atoms with Crippen LogP contribution in [0.25, 0.3) is 0 Å². The van der Waals surface area contributed by atoms with Crippen LogP contribution in [0.5, 0.6) is 17.2 Å². The Kier molecular flexibility index (Phi) is 5.89. The molecule has 0 aliphatic carbocycles. The van der Waals surface area contributed by atoms with Gasteiger partial charge in [0.25, 0.3) is 5.91 Å². The highest BCUT2D eigenvalue weighted by atomic mass is 19.1. The first kappa shape index (κ1) is 20.1. The van der Waals surface area contributed by atoms with Crippen LogP contribution >= 0.6 is 0 Å². The zero-order chi connectivity index (χ0) is 21.6. The Morgan fingerprint density at radius 3 is 2.42 bits per heavy atom. The molecule has 7 nitrogen and oxygen atoms in total. The normalized spacial score (nSPS) is 10.5. The van der Waals surface area contributed by atoms with E-state index in [1.54, 1.807) is 67.6 Å². The van der Waals surface area contributed by atoms with E-state index < -0.39 is 0 Å². The number of carbonyl (C=O) groups excluding carboxylic acids is 1. The maximum absolute atomic E-state index is 13.2. The molecular weight excluding hydrogens is 401 g/mol. The van der Waals surface area contributed by atoms with E-state index in [0.29, 0.717) is 40.2 Å². The standard InChI is InChI=1S/C23H18FN3O4/c1-15-25-22(27-31-15)14-29-19-9-5-16(6-10-19)23(28)26-18-7-11-20(12-8-18)30-21-4-2-3-17(24)13-21/h2-13H,14H2,1H3,(H,26,28). The second-order valence-electron chi connectivity index (χ2n) is 6.58. The van der Waals surface area contributed by atoms with Gasteiger partial charge in [0.05, 0.1) is 0 Å². The van der Waals surface area contributed by atoms with E-state index in [-0.39, 0.29) is 18.3 Å². The van der Waals surface area contributed by atoms with E-state index in [0.717, 1.165) is 0 Å². The number of carbonyl (C=O) groups is 1. The van der Waals surface area contributed by atoms with Crippen molar-refractivity contribution >= 4 is 11.6 Å². The molecule has 4 rings (SSSR count). The first-order valence-electron chi connectivity index (χ1n) is 9.42. The fourth-order valence-corrected chi connectivity index (χ4v) is 2.73. The number of nitrogens with one attached hydrogen (secondary N) is 1. The van der Waals surface area contributed by atoms with Crippen molar-refractivity contribution in [3.63, 3.8) is 0 Å². The lowest BCUT2D eigenvalue weighted by Gasteiger charge is -2.09. The molecule has 0 atom stereocenters. The quantitative estimate of drug-likeness (QED) is 0.446. The third-order valence-electron chi connectivity index (χ3n) is 4.20. The molecule has 0 spiro atoms. The average Bonchev–Trinajstić information content (AvgIpc) is 3.19. The van der Waals surface area contributed by atoms with Gasteiger partial charge in [-0.25, -0.2) is 4.39 Å². The number of anilines is 1. The topological polar surface area (TPSA) is 86.5 Å². The minimum atomic E-state index is -0.372. The summed E-state index contributed by atoms with van der Waals surface area (Å²) >= 11 is 0. The highest BCUT2D eigenvalue weighted by Gasteiger charge is 2.08. The summed E-state index contributed by atoms with van der Waals surface area (Å²) in [6.07, 6.45) is 0. The van der Waals surface area contributed by atoms with Gasteiger partial charge in [-0.05, 0) is 60.7 Å². The van der Waals surface area contributed by atoms with Gasteiger partial charge in [0, 0.05) is 24.2 Å². The number of benzene rings is 3. The molecule has 0 fully saturated rings. The Labute approximate surface area is 177 Å². The van der Waals surface area contributed by atoms with Crippen molar-refractivity contribution < 1.29 is 23.2 Å². The van der Waals surface area contributed by atoms with Crippen molar-refractivity contribution in [3.05, 3.63) is 95.9 Å². The molecule has 8 heteroatoms. The van der Waals surface area contributed by atoms with Gasteiger partial charge >= 0.3 is 0 Å². The minimum absolute atomic E-state index is 0.174. The van der Waals surface area contributed by atoms with Gasteiger partial charge in [0.1, 0.15) is 23.1 Å². The number of rotatable bonds is 7. The molecule has 0 unspecified atom stereocenters. The average molecular weight is 419 g/mol. The lowest BCUT2D eigenvalue weighted by Crippen LogP contribution is -2.11. The zero-order valence-electron chi connectivity index (χ0n) is 16.5. The summed E-state index contributed by atoms with van der Waals surface area (Å²) < 4.78 is 29.3. The van der Waals surface area contributed by atoms with Gasteiger partial charge in [0.2, 0.25) is 11.7 Å². The zero-order valence-corrected chi connectivity index (χ0v) is 16.5. The van der Waals surface area contributed by atoms with Crippen LogP contribution in [-0.2, 0) is 6.61 Å². The number of aromatic nitrogens is 2. The first-order valence-corrected chi connectivity index (χ1v) is 9.42. The van der Waals surface area contributed by atoms with Crippen LogP contribution < -0.4 is 14.8 Å². The molecule has 1 heterocycles. The SMILES string of the molecule is Cc1nc(COc2ccc(C(=O)Nc3ccc(Oc4cccc(F)c4)cc3)cc2)no1. The van der Waals surface area contributed by atoms with Crippen molar-refractivity contribution in [1.29, 1.82) is 0 Å². The minimum Gasteiger partial charge on any atom is -0.485 e. The Morgan fingerprint density at radius 2 is 1.74 bits per heavy atom. The summed E-state index contributed by atoms with van der Waals surface area (Å²) in [6.45, 7) is 1.88. The largest absolute Gasteiger partial charge is 0.485 e. The Bertz CT molecular complexity index is 1170. The van der Waals surface area contributed by atoms with E-state index >= 15 is 0 Å². The molecule has 1 N–H and O–H groups in total. The first-order chi connectivity index (χ1) is 15.0. The third kappa shape index (κ3) is 5.45. The third-order valence-corrected chi connectivity index (χ3v) is 4.20. The van der Waals surface area contributed by atoms with Gasteiger partial charge < -0.3 is 19.3 Å². The number of nitrogens with zero attached hydrogens (tertiary/aromatic N) is 2. The fourth-order valence-electron chi connectivity index (χ4n) is 2.73. The van der Waals surface area contributed by atoms with Crippen molar-refractivity contribution in [1.82, 2.24) is 10.1 Å². The van der Waals surface area contributed by atoms with Crippen LogP contribution in [0.4, 0.5) is 10.1 Å². The molecule has 0 saturated heterocycles. The molecule has 156 valence electrons. The summed E-state index contributed by atoms with van der Waals surface area (Å²) in [5.41, 5.74) is 1.08. The van der Waals surface area contributed by atoms with Crippen LogP contribution in [0, 0.1) is 12.7 Å². The lowest BCUT2D eigenvalue weighted by molar-refractivity contribution is 0.102. The van der Waals surface area contributed by atoms with Crippen molar-refractivity contribution in [2.75, 3.05) is 5.32 Å². The van der Waals surface area contributed by atoms with Gasteiger partial charge in [-0.1, -0.05) is 11.2 Å². The van der Waals surface area contributed by atoms with Crippen LogP contribution in [0.15, 0.2) is 77.3 Å². The van der Waals surface area contributed by atoms with Crippen molar-refractivity contribution in [3.8, 4) is 17.2 Å². The van der Waals surface area contributed by atoms with Gasteiger partial charge in [-0.15, -0.1) is 0 Å². The summed E-state index contributed by atoms with van der Waals surface area (Å²) in [7, 11) is 0. The molecule has 0 bridgehead atoms. The van der Waals surface area contributed by atoms with E-state index in [4.69, 9.17) is 14.0 Å². The molecule has 3 aromatic carbocycles. The molecule has 0 radical (unpaired) electrons. The summed E-state index contributed by atoms with van der Waals surface area (Å²) in [4.78, 5) is 16.5. The maximum Gasteiger partial charge on any atom is 0.255 e. The monoisotopic (exact) mass is 419 g/mol. The molecule has 4 aromatic rings. The predicted molar refractivity (Wildman–Crippen MR) is 111 cm³/mol. The number of amides is 1. The maximum atomic E-state index is 13.2. The molecule has 1 aromatic heterocycles. The van der Waals surface area contributed by atoms with Gasteiger partial charge in [0.15, 0.2) is 6.61 Å². The molecular formula is C23H18FN3O4. The van der Waals surface area contributed by atoms with Gasteiger partial charge in [-0.3, -0.25) is 4.79 Å². The van der Waals surface area contributed by atoms with Crippen LogP contribution in [-0.4, -0.2) is 16.0 Å². The second kappa shape index (κ2) is 9.08.